The average molecular weight is 292 g/mol. The number of hydrogen-bond acceptors (Lipinski definition) is 2. The Labute approximate surface area is 126 Å². The Morgan fingerprint density at radius 2 is 2.05 bits per heavy atom. The Bertz CT molecular complexity index is 503. The second kappa shape index (κ2) is 6.56. The minimum absolute atomic E-state index is 0.111. The van der Waals surface area contributed by atoms with Crippen molar-refractivity contribution in [3.05, 3.63) is 35.6 Å². The fourth-order valence-electron chi connectivity index (χ4n) is 2.84. The maximum Gasteiger partial charge on any atom is 0.241 e. The maximum atomic E-state index is 13.5. The first-order chi connectivity index (χ1) is 9.95. The summed E-state index contributed by atoms with van der Waals surface area (Å²) in [6.45, 7) is 8.34. The van der Waals surface area contributed by atoms with Gasteiger partial charge in [0, 0.05) is 6.04 Å². The average Bonchev–Trinajstić information content (AvgIpc) is 2.76. The van der Waals surface area contributed by atoms with E-state index in [0.717, 1.165) is 18.4 Å². The summed E-state index contributed by atoms with van der Waals surface area (Å²) in [4.78, 5) is 14.6. The summed E-state index contributed by atoms with van der Waals surface area (Å²) in [6.07, 6.45) is 1.52. The van der Waals surface area contributed by atoms with Crippen LogP contribution in [0.25, 0.3) is 0 Å². The number of carbonyl (C=O) groups excluding carboxylic acids is 1. The van der Waals surface area contributed by atoms with E-state index in [4.69, 9.17) is 0 Å². The lowest BCUT2D eigenvalue weighted by Gasteiger charge is -2.33. The van der Waals surface area contributed by atoms with Gasteiger partial charge in [-0.25, -0.2) is 4.39 Å². The van der Waals surface area contributed by atoms with Gasteiger partial charge in [0.1, 0.15) is 12.0 Å². The van der Waals surface area contributed by atoms with Gasteiger partial charge in [-0.05, 0) is 37.0 Å². The lowest BCUT2D eigenvalue weighted by atomic mass is 10.0. The third kappa shape index (κ3) is 3.26. The quantitative estimate of drug-likeness (QED) is 0.901. The van der Waals surface area contributed by atoms with E-state index in [-0.39, 0.29) is 30.0 Å². The summed E-state index contributed by atoms with van der Waals surface area (Å²) in [5, 5.41) is 3.38. The lowest BCUT2D eigenvalue weighted by molar-refractivity contribution is -0.133. The van der Waals surface area contributed by atoms with Crippen LogP contribution < -0.4 is 5.32 Å². The van der Waals surface area contributed by atoms with Crippen molar-refractivity contribution in [2.24, 2.45) is 5.92 Å². The summed E-state index contributed by atoms with van der Waals surface area (Å²) in [5.74, 6) is 0.220. The van der Waals surface area contributed by atoms with Gasteiger partial charge in [0.2, 0.25) is 5.91 Å². The summed E-state index contributed by atoms with van der Waals surface area (Å²) in [5.41, 5.74) is 0.814. The first-order valence-corrected chi connectivity index (χ1v) is 7.79. The first-order valence-electron chi connectivity index (χ1n) is 7.79. The zero-order valence-corrected chi connectivity index (χ0v) is 13.3. The molecular weight excluding hydrogens is 267 g/mol. The van der Waals surface area contributed by atoms with Gasteiger partial charge in [-0.2, -0.15) is 0 Å². The highest BCUT2D eigenvalue weighted by atomic mass is 19.1. The SMILES string of the molecule is CCCC1NC(c2cccc(F)c2)N(C(C)C(C)C)C1=O. The second-order valence-electron chi connectivity index (χ2n) is 6.20. The molecule has 3 unspecified atom stereocenters. The highest BCUT2D eigenvalue weighted by Gasteiger charge is 2.42. The van der Waals surface area contributed by atoms with Crippen LogP contribution in [0.4, 0.5) is 4.39 Å². The van der Waals surface area contributed by atoms with E-state index in [9.17, 15) is 9.18 Å². The van der Waals surface area contributed by atoms with E-state index in [1.165, 1.54) is 12.1 Å². The van der Waals surface area contributed by atoms with Crippen LogP contribution in [0.2, 0.25) is 0 Å². The van der Waals surface area contributed by atoms with Crippen LogP contribution >= 0.6 is 0 Å². The van der Waals surface area contributed by atoms with Crippen LogP contribution in [-0.2, 0) is 4.79 Å². The van der Waals surface area contributed by atoms with E-state index in [1.54, 1.807) is 6.07 Å². The molecule has 3 atom stereocenters. The highest BCUT2D eigenvalue weighted by Crippen LogP contribution is 2.31. The van der Waals surface area contributed by atoms with Crippen molar-refractivity contribution in [2.75, 3.05) is 0 Å². The molecule has 0 radical (unpaired) electrons. The second-order valence-corrected chi connectivity index (χ2v) is 6.20. The van der Waals surface area contributed by atoms with Gasteiger partial charge >= 0.3 is 0 Å². The Hall–Kier alpha value is -1.42. The molecule has 0 spiro atoms. The Morgan fingerprint density at radius 3 is 2.62 bits per heavy atom. The van der Waals surface area contributed by atoms with Crippen molar-refractivity contribution in [3.63, 3.8) is 0 Å². The van der Waals surface area contributed by atoms with Crippen LogP contribution in [0.1, 0.15) is 52.3 Å². The van der Waals surface area contributed by atoms with Crippen LogP contribution in [0.3, 0.4) is 0 Å². The number of amides is 1. The molecule has 0 bridgehead atoms. The molecule has 1 saturated heterocycles. The topological polar surface area (TPSA) is 32.3 Å². The van der Waals surface area contributed by atoms with Crippen molar-refractivity contribution in [3.8, 4) is 0 Å². The standard InChI is InChI=1S/C17H25FN2O/c1-5-7-15-17(21)20(12(4)11(2)3)16(19-15)13-8-6-9-14(18)10-13/h6,8-12,15-16,19H,5,7H2,1-4H3. The molecule has 2 rings (SSSR count). The summed E-state index contributed by atoms with van der Waals surface area (Å²) >= 11 is 0. The van der Waals surface area contributed by atoms with Crippen molar-refractivity contribution in [2.45, 2.75) is 58.8 Å². The number of nitrogens with one attached hydrogen (secondary N) is 1. The van der Waals surface area contributed by atoms with Gasteiger partial charge in [0.05, 0.1) is 6.04 Å². The molecule has 0 aliphatic carbocycles. The molecule has 1 heterocycles. The van der Waals surface area contributed by atoms with E-state index < -0.39 is 0 Å². The molecule has 21 heavy (non-hydrogen) atoms. The molecule has 1 aliphatic rings. The molecule has 4 heteroatoms. The molecule has 3 nitrogen and oxygen atoms in total. The third-order valence-electron chi connectivity index (χ3n) is 4.34. The van der Waals surface area contributed by atoms with Gasteiger partial charge in [-0.3, -0.25) is 10.1 Å². The zero-order chi connectivity index (χ0) is 15.6. The first kappa shape index (κ1) is 16.0. The summed E-state index contributed by atoms with van der Waals surface area (Å²) in [6, 6.07) is 6.47. The number of benzene rings is 1. The largest absolute Gasteiger partial charge is 0.319 e. The van der Waals surface area contributed by atoms with E-state index >= 15 is 0 Å². The van der Waals surface area contributed by atoms with Gasteiger partial charge in [-0.1, -0.05) is 39.3 Å². The molecule has 1 aliphatic heterocycles. The predicted molar refractivity (Wildman–Crippen MR) is 82.1 cm³/mol. The lowest BCUT2D eigenvalue weighted by Crippen LogP contribution is -2.41. The van der Waals surface area contributed by atoms with Crippen molar-refractivity contribution in [1.82, 2.24) is 10.2 Å². The molecule has 0 saturated carbocycles. The highest BCUT2D eigenvalue weighted by molar-refractivity contribution is 5.84. The minimum Gasteiger partial charge on any atom is -0.319 e. The number of hydrogen-bond donors (Lipinski definition) is 1. The van der Waals surface area contributed by atoms with Crippen molar-refractivity contribution < 1.29 is 9.18 Å². The van der Waals surface area contributed by atoms with E-state index in [2.05, 4.69) is 33.0 Å². The van der Waals surface area contributed by atoms with Gasteiger partial charge in [0.15, 0.2) is 0 Å². The van der Waals surface area contributed by atoms with Gasteiger partial charge in [-0.15, -0.1) is 0 Å². The van der Waals surface area contributed by atoms with Crippen LogP contribution in [0.15, 0.2) is 24.3 Å². The normalized spacial score (nSPS) is 23.9. The molecule has 1 N–H and O–H groups in total. The smallest absolute Gasteiger partial charge is 0.241 e. The molecule has 1 amide bonds. The van der Waals surface area contributed by atoms with Crippen molar-refractivity contribution >= 4 is 5.91 Å². The van der Waals surface area contributed by atoms with Crippen molar-refractivity contribution in [1.29, 1.82) is 0 Å². The number of carbonyl (C=O) groups is 1. The zero-order valence-electron chi connectivity index (χ0n) is 13.3. The third-order valence-corrected chi connectivity index (χ3v) is 4.34. The Balaban J connectivity index is 2.34. The van der Waals surface area contributed by atoms with Crippen LogP contribution in [0, 0.1) is 11.7 Å². The van der Waals surface area contributed by atoms with E-state index in [0.29, 0.717) is 5.92 Å². The monoisotopic (exact) mass is 292 g/mol. The fraction of sp³-hybridized carbons (Fsp3) is 0.588. The molecular formula is C17H25FN2O. The molecule has 1 fully saturated rings. The number of rotatable bonds is 5. The number of nitrogens with zero attached hydrogens (tertiary/aromatic N) is 1. The molecule has 1 aromatic rings. The van der Waals surface area contributed by atoms with Gasteiger partial charge < -0.3 is 4.90 Å². The molecule has 116 valence electrons. The maximum absolute atomic E-state index is 13.5. The number of halogens is 1. The molecule has 1 aromatic carbocycles. The molecule has 0 aromatic heterocycles. The van der Waals surface area contributed by atoms with Crippen LogP contribution in [-0.4, -0.2) is 22.9 Å². The Kier molecular flexibility index (Phi) is 4.99. The Morgan fingerprint density at radius 1 is 1.33 bits per heavy atom. The summed E-state index contributed by atoms with van der Waals surface area (Å²) < 4.78 is 13.5. The fourth-order valence-corrected chi connectivity index (χ4v) is 2.84. The minimum atomic E-state index is -0.266. The van der Waals surface area contributed by atoms with Gasteiger partial charge in [0.25, 0.3) is 0 Å². The van der Waals surface area contributed by atoms with Crippen LogP contribution in [0.5, 0.6) is 0 Å². The van der Waals surface area contributed by atoms with E-state index in [1.807, 2.05) is 11.0 Å². The predicted octanol–water partition coefficient (Wildman–Crippen LogP) is 3.47. The summed E-state index contributed by atoms with van der Waals surface area (Å²) in [7, 11) is 0.